The number of halogens is 3. The highest BCUT2D eigenvalue weighted by atomic mass is 35.5. The van der Waals surface area contributed by atoms with Crippen molar-refractivity contribution in [2.24, 2.45) is 5.10 Å². The van der Waals surface area contributed by atoms with Gasteiger partial charge in [0.2, 0.25) is 10.0 Å². The summed E-state index contributed by atoms with van der Waals surface area (Å²) >= 11 is 18.3. The fraction of sp³-hybridized carbons (Fsp3) is 0.0909. The van der Waals surface area contributed by atoms with E-state index in [1.54, 1.807) is 36.4 Å². The number of sulfonamides is 1. The van der Waals surface area contributed by atoms with Crippen LogP contribution in [0.1, 0.15) is 11.1 Å². The van der Waals surface area contributed by atoms with Crippen molar-refractivity contribution in [3.05, 3.63) is 92.9 Å². The Balaban J connectivity index is 1.85. The number of amides is 1. The summed E-state index contributed by atoms with van der Waals surface area (Å²) in [6.07, 6.45) is 1.25. The number of aromatic hydroxyl groups is 1. The molecule has 3 rings (SSSR count). The van der Waals surface area contributed by atoms with Crippen LogP contribution in [0, 0.1) is 0 Å². The molecule has 0 radical (unpaired) electrons. The van der Waals surface area contributed by atoms with Gasteiger partial charge in [-0.1, -0.05) is 53.0 Å². The van der Waals surface area contributed by atoms with Crippen molar-refractivity contribution in [3.8, 4) is 5.75 Å². The molecule has 172 valence electrons. The first-order valence-corrected chi connectivity index (χ1v) is 12.0. The number of carbonyl (C=O) groups excluding carboxylic acids is 1. The largest absolute Gasteiger partial charge is 0.507 e. The Labute approximate surface area is 206 Å². The van der Waals surface area contributed by atoms with Crippen molar-refractivity contribution in [1.29, 1.82) is 0 Å². The highest BCUT2D eigenvalue weighted by Gasteiger charge is 2.28. The van der Waals surface area contributed by atoms with Crippen LogP contribution in [-0.2, 0) is 21.4 Å². The maximum atomic E-state index is 13.3. The van der Waals surface area contributed by atoms with Crippen molar-refractivity contribution in [1.82, 2.24) is 9.73 Å². The van der Waals surface area contributed by atoms with Crippen LogP contribution in [0.5, 0.6) is 5.75 Å². The van der Waals surface area contributed by atoms with Crippen LogP contribution in [0.3, 0.4) is 0 Å². The SMILES string of the molecule is O=C(CN(Cc1c(Cl)cccc1Cl)S(=O)(=O)c1ccc(Cl)cc1)N/N=C\c1ccccc1O. The number of nitrogens with zero attached hydrogens (tertiary/aromatic N) is 2. The van der Waals surface area contributed by atoms with Crippen LogP contribution >= 0.6 is 34.8 Å². The van der Waals surface area contributed by atoms with Crippen molar-refractivity contribution < 1.29 is 18.3 Å². The predicted molar refractivity (Wildman–Crippen MR) is 129 cm³/mol. The number of carbonyl (C=O) groups is 1. The molecular weight excluding hydrogens is 509 g/mol. The third-order valence-electron chi connectivity index (χ3n) is 4.50. The number of nitrogens with one attached hydrogen (secondary N) is 1. The first kappa shape index (κ1) is 25.0. The van der Waals surface area contributed by atoms with Crippen LogP contribution in [-0.4, -0.2) is 36.5 Å². The molecular formula is C22H18Cl3N3O4S. The molecule has 0 fully saturated rings. The summed E-state index contributed by atoms with van der Waals surface area (Å²) in [6, 6.07) is 16.7. The van der Waals surface area contributed by atoms with Gasteiger partial charge >= 0.3 is 0 Å². The molecule has 3 aromatic carbocycles. The molecule has 11 heteroatoms. The molecule has 0 saturated heterocycles. The summed E-state index contributed by atoms with van der Waals surface area (Å²) in [5, 5.41) is 14.4. The summed E-state index contributed by atoms with van der Waals surface area (Å²) in [7, 11) is -4.12. The predicted octanol–water partition coefficient (Wildman–Crippen LogP) is 4.69. The average Bonchev–Trinajstić information content (AvgIpc) is 2.77. The Hall–Kier alpha value is -2.62. The molecule has 0 atom stereocenters. The molecule has 0 aliphatic carbocycles. The molecule has 0 spiro atoms. The van der Waals surface area contributed by atoms with E-state index < -0.39 is 22.5 Å². The van der Waals surface area contributed by atoms with Gasteiger partial charge in [0.1, 0.15) is 5.75 Å². The average molecular weight is 527 g/mol. The quantitative estimate of drug-likeness (QED) is 0.328. The van der Waals surface area contributed by atoms with E-state index in [0.29, 0.717) is 16.1 Å². The number of hydrazone groups is 1. The molecule has 1 amide bonds. The van der Waals surface area contributed by atoms with Gasteiger partial charge in [-0.25, -0.2) is 13.8 Å². The van der Waals surface area contributed by atoms with Crippen molar-refractivity contribution in [2.75, 3.05) is 6.54 Å². The van der Waals surface area contributed by atoms with E-state index in [9.17, 15) is 18.3 Å². The molecule has 3 aromatic rings. The van der Waals surface area contributed by atoms with E-state index in [-0.39, 0.29) is 27.2 Å². The molecule has 0 aliphatic rings. The van der Waals surface area contributed by atoms with E-state index in [0.717, 1.165) is 4.31 Å². The molecule has 0 aromatic heterocycles. The second-order valence-electron chi connectivity index (χ2n) is 6.78. The molecule has 2 N–H and O–H groups in total. The van der Waals surface area contributed by atoms with E-state index in [1.165, 1.54) is 36.5 Å². The summed E-state index contributed by atoms with van der Waals surface area (Å²) in [5.74, 6) is -0.724. The first-order chi connectivity index (χ1) is 15.7. The van der Waals surface area contributed by atoms with Crippen molar-refractivity contribution >= 4 is 56.9 Å². The summed E-state index contributed by atoms with van der Waals surface area (Å²) in [5.41, 5.74) is 2.99. The summed E-state index contributed by atoms with van der Waals surface area (Å²) in [4.78, 5) is 12.5. The Kier molecular flexibility index (Phi) is 8.34. The highest BCUT2D eigenvalue weighted by molar-refractivity contribution is 7.89. The summed E-state index contributed by atoms with van der Waals surface area (Å²) < 4.78 is 27.5. The Morgan fingerprint density at radius 2 is 1.61 bits per heavy atom. The lowest BCUT2D eigenvalue weighted by atomic mass is 10.2. The van der Waals surface area contributed by atoms with E-state index in [1.807, 2.05) is 0 Å². The van der Waals surface area contributed by atoms with Gasteiger partial charge in [-0.2, -0.15) is 9.41 Å². The third-order valence-corrected chi connectivity index (χ3v) is 7.26. The number of phenolic OH excluding ortho intramolecular Hbond substituents is 1. The lowest BCUT2D eigenvalue weighted by Gasteiger charge is -2.22. The van der Waals surface area contributed by atoms with Crippen LogP contribution in [0.15, 0.2) is 76.7 Å². The molecule has 0 heterocycles. The fourth-order valence-corrected chi connectivity index (χ4v) is 4.81. The maximum Gasteiger partial charge on any atom is 0.255 e. The minimum atomic E-state index is -4.12. The summed E-state index contributed by atoms with van der Waals surface area (Å²) in [6.45, 7) is -0.815. The number of hydrogen-bond acceptors (Lipinski definition) is 5. The molecule has 0 aliphatic heterocycles. The van der Waals surface area contributed by atoms with Crippen molar-refractivity contribution in [3.63, 3.8) is 0 Å². The van der Waals surface area contributed by atoms with Crippen molar-refractivity contribution in [2.45, 2.75) is 11.4 Å². The number of phenols is 1. The minimum Gasteiger partial charge on any atom is -0.507 e. The second kappa shape index (κ2) is 11.0. The van der Waals surface area contributed by atoms with Crippen LogP contribution in [0.4, 0.5) is 0 Å². The molecule has 7 nitrogen and oxygen atoms in total. The minimum absolute atomic E-state index is 0.0178. The number of benzene rings is 3. The maximum absolute atomic E-state index is 13.3. The Bertz CT molecular complexity index is 1260. The highest BCUT2D eigenvalue weighted by Crippen LogP contribution is 2.28. The fourth-order valence-electron chi connectivity index (χ4n) is 2.81. The van der Waals surface area contributed by atoms with Crippen LogP contribution < -0.4 is 5.43 Å². The zero-order chi connectivity index (χ0) is 24.0. The van der Waals surface area contributed by atoms with E-state index in [4.69, 9.17) is 34.8 Å². The van der Waals surface area contributed by atoms with Crippen LogP contribution in [0.2, 0.25) is 15.1 Å². The van der Waals surface area contributed by atoms with Gasteiger partial charge in [0.15, 0.2) is 0 Å². The normalized spacial score (nSPS) is 11.8. The first-order valence-electron chi connectivity index (χ1n) is 9.47. The Morgan fingerprint density at radius 3 is 2.24 bits per heavy atom. The number of para-hydroxylation sites is 1. The van der Waals surface area contributed by atoms with Gasteiger partial charge in [0.05, 0.1) is 17.7 Å². The smallest absolute Gasteiger partial charge is 0.255 e. The third kappa shape index (κ3) is 6.46. The Morgan fingerprint density at radius 1 is 0.970 bits per heavy atom. The number of hydrogen-bond donors (Lipinski definition) is 2. The van der Waals surface area contributed by atoms with E-state index >= 15 is 0 Å². The van der Waals surface area contributed by atoms with Gasteiger partial charge in [0.25, 0.3) is 5.91 Å². The van der Waals surface area contributed by atoms with Crippen LogP contribution in [0.25, 0.3) is 0 Å². The molecule has 0 unspecified atom stereocenters. The molecule has 0 saturated carbocycles. The van der Waals surface area contributed by atoms with Gasteiger partial charge in [-0.05, 0) is 48.5 Å². The van der Waals surface area contributed by atoms with Gasteiger partial charge in [0, 0.05) is 32.7 Å². The van der Waals surface area contributed by atoms with Gasteiger partial charge < -0.3 is 5.11 Å². The monoisotopic (exact) mass is 525 g/mol. The lowest BCUT2D eigenvalue weighted by molar-refractivity contribution is -0.121. The van der Waals surface area contributed by atoms with Gasteiger partial charge in [-0.3, -0.25) is 4.79 Å². The molecule has 33 heavy (non-hydrogen) atoms. The number of rotatable bonds is 8. The topological polar surface area (TPSA) is 99.1 Å². The molecule has 0 bridgehead atoms. The van der Waals surface area contributed by atoms with E-state index in [2.05, 4.69) is 10.5 Å². The van der Waals surface area contributed by atoms with Gasteiger partial charge in [-0.15, -0.1) is 0 Å². The zero-order valence-corrected chi connectivity index (χ0v) is 20.0. The standard InChI is InChI=1S/C22H18Cl3N3O4S/c23-16-8-10-17(11-9-16)33(31,32)28(13-18-19(24)5-3-6-20(18)25)14-22(30)27-26-12-15-4-1-2-7-21(15)29/h1-12,29H,13-14H2,(H,27,30)/b26-12-. The lowest BCUT2D eigenvalue weighted by Crippen LogP contribution is -2.39. The second-order valence-corrected chi connectivity index (χ2v) is 9.97. The zero-order valence-electron chi connectivity index (χ0n) is 17.0.